The zero-order chi connectivity index (χ0) is 15.7. The van der Waals surface area contributed by atoms with Crippen LogP contribution in [0.5, 0.6) is 0 Å². The Balaban J connectivity index is 1.84. The van der Waals surface area contributed by atoms with Gasteiger partial charge in [-0.3, -0.25) is 4.79 Å². The van der Waals surface area contributed by atoms with Crippen molar-refractivity contribution in [2.75, 3.05) is 13.2 Å². The van der Waals surface area contributed by atoms with Crippen LogP contribution in [0.2, 0.25) is 0 Å². The van der Waals surface area contributed by atoms with Gasteiger partial charge >= 0.3 is 0 Å². The molecule has 1 aromatic carbocycles. The van der Waals surface area contributed by atoms with Gasteiger partial charge in [0, 0.05) is 0 Å². The van der Waals surface area contributed by atoms with Gasteiger partial charge in [-0.2, -0.15) is 0 Å². The van der Waals surface area contributed by atoms with E-state index in [0.29, 0.717) is 18.9 Å². The van der Waals surface area contributed by atoms with E-state index in [9.17, 15) is 9.18 Å². The van der Waals surface area contributed by atoms with Crippen LogP contribution in [0.25, 0.3) is 0 Å². The van der Waals surface area contributed by atoms with Crippen molar-refractivity contribution in [2.45, 2.75) is 25.5 Å². The molecule has 3 rings (SSSR count). The number of furan rings is 1. The van der Waals surface area contributed by atoms with Crippen molar-refractivity contribution in [3.8, 4) is 0 Å². The topological polar surface area (TPSA) is 42.7 Å². The smallest absolute Gasteiger partial charge is 0.290 e. The number of halogens is 1. The maximum Gasteiger partial charge on any atom is 0.290 e. The highest BCUT2D eigenvalue weighted by molar-refractivity contribution is 5.92. The average Bonchev–Trinajstić information content (AvgIpc) is 3.02. The largest absolute Gasteiger partial charge is 0.459 e. The average molecular weight is 303 g/mol. The quantitative estimate of drug-likeness (QED) is 0.854. The molecule has 0 saturated carbocycles. The van der Waals surface area contributed by atoms with Gasteiger partial charge in [0.2, 0.25) is 0 Å². The van der Waals surface area contributed by atoms with E-state index in [-0.39, 0.29) is 17.8 Å². The molecule has 0 radical (unpaired) electrons. The molecule has 2 heterocycles. The molecule has 1 aliphatic heterocycles. The normalized spacial score (nSPS) is 20.9. The van der Waals surface area contributed by atoms with E-state index in [4.69, 9.17) is 9.15 Å². The Labute approximate surface area is 128 Å². The molecule has 2 aromatic rings. The summed E-state index contributed by atoms with van der Waals surface area (Å²) < 4.78 is 24.1. The lowest BCUT2D eigenvalue weighted by atomic mass is 9.97. The number of carbonyl (C=O) groups is 1. The minimum atomic E-state index is -0.430. The Hall–Kier alpha value is -2.14. The summed E-state index contributed by atoms with van der Waals surface area (Å²) in [6.45, 7) is 4.71. The summed E-state index contributed by atoms with van der Waals surface area (Å²) in [6, 6.07) is 9.52. The van der Waals surface area contributed by atoms with Crippen LogP contribution >= 0.6 is 0 Å². The fourth-order valence-electron chi connectivity index (χ4n) is 2.62. The minimum absolute atomic E-state index is 0.162. The predicted octanol–water partition coefficient (Wildman–Crippen LogP) is 3.41. The number of rotatable bonds is 2. The van der Waals surface area contributed by atoms with Crippen molar-refractivity contribution in [3.05, 3.63) is 59.8 Å². The lowest BCUT2D eigenvalue weighted by Gasteiger charge is -2.45. The zero-order valence-electron chi connectivity index (χ0n) is 12.6. The summed E-state index contributed by atoms with van der Waals surface area (Å²) in [6.07, 6.45) is 1.21. The van der Waals surface area contributed by atoms with Crippen LogP contribution < -0.4 is 0 Å². The highest BCUT2D eigenvalue weighted by Gasteiger charge is 2.39. The first-order valence-electron chi connectivity index (χ1n) is 7.20. The van der Waals surface area contributed by atoms with Crippen LogP contribution in [0.4, 0.5) is 4.39 Å². The molecular weight excluding hydrogens is 285 g/mol. The lowest BCUT2D eigenvalue weighted by Crippen LogP contribution is -2.56. The standard InChI is InChI=1S/C17H18FNO3/c1-17(2)11-22-15(12-5-7-13(18)8-6-12)10-19(17)16(20)14-4-3-9-21-14/h3-9,15H,10-11H2,1-2H3. The number of ether oxygens (including phenoxy) is 1. The van der Waals surface area contributed by atoms with Gasteiger partial charge in [0.05, 0.1) is 25.0 Å². The van der Waals surface area contributed by atoms with Crippen molar-refractivity contribution < 1.29 is 18.3 Å². The molecule has 1 amide bonds. The minimum Gasteiger partial charge on any atom is -0.459 e. The molecule has 1 unspecified atom stereocenters. The van der Waals surface area contributed by atoms with Crippen molar-refractivity contribution in [2.24, 2.45) is 0 Å². The summed E-state index contributed by atoms with van der Waals surface area (Å²) in [5, 5.41) is 0. The van der Waals surface area contributed by atoms with Gasteiger partial charge in [-0.05, 0) is 43.7 Å². The molecule has 22 heavy (non-hydrogen) atoms. The summed E-state index contributed by atoms with van der Waals surface area (Å²) in [5.74, 6) is -0.137. The summed E-state index contributed by atoms with van der Waals surface area (Å²) in [4.78, 5) is 14.4. The number of hydrogen-bond donors (Lipinski definition) is 0. The maximum atomic E-state index is 13.0. The third kappa shape index (κ3) is 2.76. The van der Waals surface area contributed by atoms with Gasteiger partial charge in [-0.15, -0.1) is 0 Å². The van der Waals surface area contributed by atoms with Gasteiger partial charge in [-0.25, -0.2) is 4.39 Å². The molecule has 5 heteroatoms. The van der Waals surface area contributed by atoms with E-state index in [0.717, 1.165) is 5.56 Å². The molecule has 0 spiro atoms. The predicted molar refractivity (Wildman–Crippen MR) is 78.9 cm³/mol. The van der Waals surface area contributed by atoms with E-state index in [1.165, 1.54) is 18.4 Å². The van der Waals surface area contributed by atoms with Crippen LogP contribution in [0.3, 0.4) is 0 Å². The van der Waals surface area contributed by atoms with E-state index < -0.39 is 5.54 Å². The molecule has 4 nitrogen and oxygen atoms in total. The number of hydrogen-bond acceptors (Lipinski definition) is 3. The highest BCUT2D eigenvalue weighted by atomic mass is 19.1. The Bertz CT molecular complexity index is 649. The van der Waals surface area contributed by atoms with Crippen molar-refractivity contribution >= 4 is 5.91 Å². The van der Waals surface area contributed by atoms with Crippen LogP contribution in [0.15, 0.2) is 47.1 Å². The molecule has 0 N–H and O–H groups in total. The Morgan fingerprint density at radius 2 is 2.00 bits per heavy atom. The first-order chi connectivity index (χ1) is 10.5. The molecule has 0 aliphatic carbocycles. The summed E-state index contributed by atoms with van der Waals surface area (Å²) in [7, 11) is 0. The first kappa shape index (κ1) is 14.8. The molecule has 0 bridgehead atoms. The molecule has 1 saturated heterocycles. The number of morpholine rings is 1. The molecule has 1 fully saturated rings. The van der Waals surface area contributed by atoms with E-state index >= 15 is 0 Å². The Morgan fingerprint density at radius 3 is 2.64 bits per heavy atom. The number of amides is 1. The third-order valence-corrected chi connectivity index (χ3v) is 3.94. The SMILES string of the molecule is CC1(C)COC(c2ccc(F)cc2)CN1C(=O)c1ccco1. The van der Waals surface area contributed by atoms with Crippen LogP contribution in [-0.2, 0) is 4.74 Å². The van der Waals surface area contributed by atoms with E-state index in [1.54, 1.807) is 29.2 Å². The van der Waals surface area contributed by atoms with Gasteiger partial charge < -0.3 is 14.1 Å². The van der Waals surface area contributed by atoms with Crippen molar-refractivity contribution in [3.63, 3.8) is 0 Å². The highest BCUT2D eigenvalue weighted by Crippen LogP contribution is 2.31. The first-order valence-corrected chi connectivity index (χ1v) is 7.20. The van der Waals surface area contributed by atoms with Gasteiger partial charge in [0.15, 0.2) is 5.76 Å². The second kappa shape index (κ2) is 5.57. The molecule has 1 aromatic heterocycles. The van der Waals surface area contributed by atoms with Crippen LogP contribution in [0.1, 0.15) is 36.1 Å². The van der Waals surface area contributed by atoms with Crippen molar-refractivity contribution in [1.29, 1.82) is 0 Å². The van der Waals surface area contributed by atoms with Crippen LogP contribution in [0, 0.1) is 5.82 Å². The Morgan fingerprint density at radius 1 is 1.27 bits per heavy atom. The summed E-state index contributed by atoms with van der Waals surface area (Å²) in [5.41, 5.74) is 0.426. The Kier molecular flexibility index (Phi) is 3.74. The van der Waals surface area contributed by atoms with Gasteiger partial charge in [0.1, 0.15) is 11.9 Å². The fraction of sp³-hybridized carbons (Fsp3) is 0.353. The zero-order valence-corrected chi connectivity index (χ0v) is 12.6. The second-order valence-corrected chi connectivity index (χ2v) is 6.06. The van der Waals surface area contributed by atoms with Crippen LogP contribution in [-0.4, -0.2) is 29.5 Å². The number of benzene rings is 1. The van der Waals surface area contributed by atoms with Crippen molar-refractivity contribution in [1.82, 2.24) is 4.90 Å². The van der Waals surface area contributed by atoms with E-state index in [2.05, 4.69) is 0 Å². The molecular formula is C17H18FNO3. The molecule has 1 atom stereocenters. The van der Waals surface area contributed by atoms with Gasteiger partial charge in [-0.1, -0.05) is 12.1 Å². The fourth-order valence-corrected chi connectivity index (χ4v) is 2.62. The molecule has 116 valence electrons. The third-order valence-electron chi connectivity index (χ3n) is 3.94. The lowest BCUT2D eigenvalue weighted by molar-refractivity contribution is -0.0854. The maximum absolute atomic E-state index is 13.0. The monoisotopic (exact) mass is 303 g/mol. The second-order valence-electron chi connectivity index (χ2n) is 6.06. The van der Waals surface area contributed by atoms with E-state index in [1.807, 2.05) is 13.8 Å². The molecule has 1 aliphatic rings. The summed E-state index contributed by atoms with van der Waals surface area (Å²) >= 11 is 0. The number of nitrogens with zero attached hydrogens (tertiary/aromatic N) is 1. The van der Waals surface area contributed by atoms with Gasteiger partial charge in [0.25, 0.3) is 5.91 Å². The number of carbonyl (C=O) groups excluding carboxylic acids is 1.